The lowest BCUT2D eigenvalue weighted by Gasteiger charge is -2.37. The van der Waals surface area contributed by atoms with Crippen molar-refractivity contribution in [2.45, 2.75) is 24.7 Å². The average molecular weight is 384 g/mol. The molecule has 26 heavy (non-hydrogen) atoms. The first-order valence-electron chi connectivity index (χ1n) is 8.16. The third-order valence-corrected chi connectivity index (χ3v) is 6.51. The Hall–Kier alpha value is -2.13. The van der Waals surface area contributed by atoms with Crippen molar-refractivity contribution in [3.63, 3.8) is 0 Å². The lowest BCUT2D eigenvalue weighted by Crippen LogP contribution is -2.48. The zero-order chi connectivity index (χ0) is 19.7. The highest BCUT2D eigenvalue weighted by Gasteiger charge is 2.39. The number of benzene rings is 1. The smallest absolute Gasteiger partial charge is 0.311 e. The van der Waals surface area contributed by atoms with Gasteiger partial charge in [-0.3, -0.25) is 9.59 Å². The van der Waals surface area contributed by atoms with E-state index in [0.717, 1.165) is 4.31 Å². The Morgan fingerprint density at radius 1 is 1.31 bits per heavy atom. The molecule has 1 aliphatic rings. The monoisotopic (exact) mass is 384 g/mol. The number of ether oxygens (including phenoxy) is 1. The molecule has 0 bridgehead atoms. The topological polar surface area (TPSA) is 104 Å². The molecule has 0 radical (unpaired) electrons. The minimum Gasteiger partial charge on any atom is -0.495 e. The molecule has 1 saturated heterocycles. The Labute approximate surface area is 153 Å². The number of sulfonamides is 1. The summed E-state index contributed by atoms with van der Waals surface area (Å²) in [5, 5.41) is 9.41. The van der Waals surface area contributed by atoms with E-state index >= 15 is 0 Å². The number of amides is 1. The minimum absolute atomic E-state index is 0.0863. The predicted molar refractivity (Wildman–Crippen MR) is 94.7 cm³/mol. The van der Waals surface area contributed by atoms with E-state index in [-0.39, 0.29) is 22.8 Å². The molecule has 2 rings (SSSR count). The molecule has 0 aromatic heterocycles. The molecule has 0 aliphatic carbocycles. The van der Waals surface area contributed by atoms with Crippen LogP contribution in [0.1, 0.15) is 30.1 Å². The molecule has 1 atom stereocenters. The molecular formula is C17H24N2O6S. The second kappa shape index (κ2) is 7.24. The number of piperidine rings is 1. The molecule has 1 aromatic rings. The highest BCUT2D eigenvalue weighted by atomic mass is 32.2. The molecule has 1 fully saturated rings. The zero-order valence-corrected chi connectivity index (χ0v) is 16.2. The number of nitrogens with zero attached hydrogens (tertiary/aromatic N) is 2. The molecule has 1 aliphatic heterocycles. The Morgan fingerprint density at radius 2 is 1.96 bits per heavy atom. The molecule has 0 spiro atoms. The van der Waals surface area contributed by atoms with Crippen molar-refractivity contribution >= 4 is 21.9 Å². The van der Waals surface area contributed by atoms with Crippen LogP contribution in [-0.2, 0) is 14.8 Å². The van der Waals surface area contributed by atoms with Crippen molar-refractivity contribution in [2.75, 3.05) is 34.3 Å². The molecule has 144 valence electrons. The molecule has 1 N–H and O–H groups in total. The summed E-state index contributed by atoms with van der Waals surface area (Å²) >= 11 is 0. The van der Waals surface area contributed by atoms with Gasteiger partial charge in [-0.15, -0.1) is 0 Å². The fourth-order valence-corrected chi connectivity index (χ4v) is 4.05. The van der Waals surface area contributed by atoms with Crippen LogP contribution in [0.15, 0.2) is 23.1 Å². The van der Waals surface area contributed by atoms with Crippen LogP contribution in [0.3, 0.4) is 0 Å². The average Bonchev–Trinajstić information content (AvgIpc) is 2.60. The molecule has 1 aromatic carbocycles. The van der Waals surface area contributed by atoms with E-state index in [1.54, 1.807) is 6.92 Å². The first-order chi connectivity index (χ1) is 12.0. The highest BCUT2D eigenvalue weighted by molar-refractivity contribution is 7.89. The van der Waals surface area contributed by atoms with Crippen molar-refractivity contribution < 1.29 is 27.9 Å². The summed E-state index contributed by atoms with van der Waals surface area (Å²) in [5.41, 5.74) is -0.820. The SMILES string of the molecule is COc1ccc(C(=O)N2CCCC(C)(C(=O)O)C2)cc1S(=O)(=O)N(C)C. The van der Waals surface area contributed by atoms with Gasteiger partial charge in [0.25, 0.3) is 5.91 Å². The summed E-state index contributed by atoms with van der Waals surface area (Å²) in [7, 11) is 0.346. The van der Waals surface area contributed by atoms with Crippen molar-refractivity contribution in [2.24, 2.45) is 5.41 Å². The third-order valence-electron chi connectivity index (χ3n) is 4.67. The highest BCUT2D eigenvalue weighted by Crippen LogP contribution is 2.32. The first kappa shape index (κ1) is 20.2. The number of likely N-dealkylation sites (tertiary alicyclic amines) is 1. The fraction of sp³-hybridized carbons (Fsp3) is 0.529. The van der Waals surface area contributed by atoms with Gasteiger partial charge in [0.05, 0.1) is 12.5 Å². The van der Waals surface area contributed by atoms with Crippen molar-refractivity contribution in [3.05, 3.63) is 23.8 Å². The van der Waals surface area contributed by atoms with Gasteiger partial charge in [-0.25, -0.2) is 12.7 Å². The summed E-state index contributed by atoms with van der Waals surface area (Å²) in [4.78, 5) is 25.7. The van der Waals surface area contributed by atoms with E-state index in [1.165, 1.54) is 44.3 Å². The molecule has 1 amide bonds. The van der Waals surface area contributed by atoms with Crippen LogP contribution in [0.4, 0.5) is 0 Å². The number of methoxy groups -OCH3 is 1. The van der Waals surface area contributed by atoms with Crippen LogP contribution in [0.2, 0.25) is 0 Å². The van der Waals surface area contributed by atoms with Crippen molar-refractivity contribution in [3.8, 4) is 5.75 Å². The van der Waals surface area contributed by atoms with E-state index in [2.05, 4.69) is 0 Å². The van der Waals surface area contributed by atoms with Gasteiger partial charge in [0.1, 0.15) is 10.6 Å². The molecule has 1 unspecified atom stereocenters. The maximum absolute atomic E-state index is 12.8. The quantitative estimate of drug-likeness (QED) is 0.820. The molecule has 8 nitrogen and oxygen atoms in total. The van der Waals surface area contributed by atoms with Crippen LogP contribution in [-0.4, -0.2) is 68.9 Å². The van der Waals surface area contributed by atoms with E-state index in [9.17, 15) is 23.1 Å². The second-order valence-electron chi connectivity index (χ2n) is 6.85. The minimum atomic E-state index is -3.80. The summed E-state index contributed by atoms with van der Waals surface area (Å²) < 4.78 is 31.2. The lowest BCUT2D eigenvalue weighted by atomic mass is 9.82. The lowest BCUT2D eigenvalue weighted by molar-refractivity contribution is -0.150. The fourth-order valence-electron chi connectivity index (χ4n) is 2.98. The van der Waals surface area contributed by atoms with Crippen LogP contribution in [0.5, 0.6) is 5.75 Å². The maximum atomic E-state index is 12.8. The van der Waals surface area contributed by atoms with Crippen LogP contribution < -0.4 is 4.74 Å². The molecule has 9 heteroatoms. The van der Waals surface area contributed by atoms with E-state index < -0.39 is 27.3 Å². The summed E-state index contributed by atoms with van der Waals surface area (Å²) in [5.74, 6) is -1.19. The molecular weight excluding hydrogens is 360 g/mol. The van der Waals surface area contributed by atoms with E-state index in [1.807, 2.05) is 0 Å². The number of hydrogen-bond donors (Lipinski definition) is 1. The molecule has 0 saturated carbocycles. The number of carbonyl (C=O) groups excluding carboxylic acids is 1. The number of rotatable bonds is 5. The standard InChI is InChI=1S/C17H24N2O6S/c1-17(16(21)22)8-5-9-19(11-17)15(20)12-6-7-13(25-4)14(10-12)26(23,24)18(2)3/h6-7,10H,5,8-9,11H2,1-4H3,(H,21,22). The summed E-state index contributed by atoms with van der Waals surface area (Å²) in [6.07, 6.45) is 1.07. The number of carboxylic acids is 1. The predicted octanol–water partition coefficient (Wildman–Crippen LogP) is 1.27. The Balaban J connectivity index is 2.40. The van der Waals surface area contributed by atoms with Gasteiger partial charge >= 0.3 is 5.97 Å². The summed E-state index contributed by atoms with van der Waals surface area (Å²) in [6.45, 7) is 2.14. The van der Waals surface area contributed by atoms with Gasteiger partial charge in [-0.05, 0) is 38.0 Å². The van der Waals surface area contributed by atoms with Crippen LogP contribution >= 0.6 is 0 Å². The second-order valence-corrected chi connectivity index (χ2v) is 8.97. The number of hydrogen-bond acceptors (Lipinski definition) is 5. The van der Waals surface area contributed by atoms with Gasteiger partial charge in [-0.1, -0.05) is 0 Å². The van der Waals surface area contributed by atoms with Gasteiger partial charge in [0, 0.05) is 32.7 Å². The van der Waals surface area contributed by atoms with Crippen LogP contribution in [0, 0.1) is 5.41 Å². The number of carbonyl (C=O) groups is 2. The van der Waals surface area contributed by atoms with E-state index in [4.69, 9.17) is 4.74 Å². The van der Waals surface area contributed by atoms with Crippen molar-refractivity contribution in [1.29, 1.82) is 0 Å². The van der Waals surface area contributed by atoms with Gasteiger partial charge < -0.3 is 14.7 Å². The molecule has 1 heterocycles. The number of carboxylic acid groups (broad SMARTS) is 1. The first-order valence-corrected chi connectivity index (χ1v) is 9.60. The van der Waals surface area contributed by atoms with Gasteiger partial charge in [0.15, 0.2) is 0 Å². The van der Waals surface area contributed by atoms with Gasteiger partial charge in [0.2, 0.25) is 10.0 Å². The third kappa shape index (κ3) is 3.68. The zero-order valence-electron chi connectivity index (χ0n) is 15.4. The van der Waals surface area contributed by atoms with E-state index in [0.29, 0.717) is 19.4 Å². The Bertz CT molecular complexity index is 821. The number of aliphatic carboxylic acids is 1. The maximum Gasteiger partial charge on any atom is 0.311 e. The van der Waals surface area contributed by atoms with Crippen molar-refractivity contribution in [1.82, 2.24) is 9.21 Å². The van der Waals surface area contributed by atoms with Crippen LogP contribution in [0.25, 0.3) is 0 Å². The normalized spacial score (nSPS) is 20.9. The van der Waals surface area contributed by atoms with Gasteiger partial charge in [-0.2, -0.15) is 0 Å². The Kier molecular flexibility index (Phi) is 5.62. The Morgan fingerprint density at radius 3 is 2.50 bits per heavy atom. The summed E-state index contributed by atoms with van der Waals surface area (Å²) in [6, 6.07) is 4.20. The largest absolute Gasteiger partial charge is 0.495 e.